The van der Waals surface area contributed by atoms with E-state index in [0.717, 1.165) is 36.8 Å². The summed E-state index contributed by atoms with van der Waals surface area (Å²) in [6.45, 7) is 5.76. The smallest absolute Gasteiger partial charge is 0.290 e. The number of alkyl halides is 2. The molecule has 0 aliphatic carbocycles. The number of fused-ring (bicyclic) bond motifs is 1. The topological polar surface area (TPSA) is 109 Å². The summed E-state index contributed by atoms with van der Waals surface area (Å²) < 4.78 is 35.8. The fourth-order valence-corrected chi connectivity index (χ4v) is 5.13. The SMILES string of the molecule is COC1CCN(c2nccc(Nc3cc4c(cn3)c(C(=O)NC3CCNCC3)cn4C(C)C)n2)CC1(F)F.Cl. The minimum Gasteiger partial charge on any atom is -0.375 e. The van der Waals surface area contributed by atoms with Gasteiger partial charge in [0.15, 0.2) is 0 Å². The van der Waals surface area contributed by atoms with Gasteiger partial charge >= 0.3 is 0 Å². The highest BCUT2D eigenvalue weighted by molar-refractivity contribution is 6.07. The molecule has 0 saturated carbocycles. The predicted molar refractivity (Wildman–Crippen MR) is 149 cm³/mol. The van der Waals surface area contributed by atoms with Crippen molar-refractivity contribution in [1.29, 1.82) is 0 Å². The van der Waals surface area contributed by atoms with Gasteiger partial charge in [-0.25, -0.2) is 18.7 Å². The second kappa shape index (κ2) is 12.0. The average Bonchev–Trinajstić information content (AvgIpc) is 3.28. The molecular weight excluding hydrogens is 530 g/mol. The zero-order valence-corrected chi connectivity index (χ0v) is 23.1. The summed E-state index contributed by atoms with van der Waals surface area (Å²) in [6, 6.07) is 3.81. The first-order valence-electron chi connectivity index (χ1n) is 13.0. The van der Waals surface area contributed by atoms with Crippen LogP contribution in [0, 0.1) is 0 Å². The van der Waals surface area contributed by atoms with Gasteiger partial charge < -0.3 is 30.2 Å². The minimum atomic E-state index is -2.99. The standard InChI is InChI=1S/C26H34F2N8O2.ClH/c1-16(2)36-14-19(24(37)32-17-4-8-29-9-5-17)18-13-31-23(12-20(18)36)33-22-6-10-30-25(34-22)35-11-7-21(38-3)26(27,28)15-35;/h6,10,12-14,16-17,21,29H,4-5,7-9,11,15H2,1-3H3,(H,32,37)(H,30,31,33,34);1H. The van der Waals surface area contributed by atoms with E-state index in [1.807, 2.05) is 16.8 Å². The molecule has 3 aromatic heterocycles. The molecule has 10 nitrogen and oxygen atoms in total. The zero-order chi connectivity index (χ0) is 26.9. The lowest BCUT2D eigenvalue weighted by Crippen LogP contribution is -2.52. The Kier molecular flexibility index (Phi) is 8.87. The number of hydrogen-bond donors (Lipinski definition) is 3. The number of rotatable bonds is 7. The van der Waals surface area contributed by atoms with Crippen molar-refractivity contribution < 1.29 is 18.3 Å². The molecule has 39 heavy (non-hydrogen) atoms. The molecule has 1 atom stereocenters. The number of anilines is 3. The first-order valence-corrected chi connectivity index (χ1v) is 13.0. The van der Waals surface area contributed by atoms with Crippen LogP contribution in [0.5, 0.6) is 0 Å². The van der Waals surface area contributed by atoms with E-state index in [4.69, 9.17) is 4.74 Å². The van der Waals surface area contributed by atoms with E-state index in [2.05, 4.69) is 44.7 Å². The highest BCUT2D eigenvalue weighted by Crippen LogP contribution is 2.32. The van der Waals surface area contributed by atoms with Crippen molar-refractivity contribution in [3.05, 3.63) is 36.3 Å². The number of carbonyl (C=O) groups is 1. The zero-order valence-electron chi connectivity index (χ0n) is 22.3. The number of aromatic nitrogens is 4. The average molecular weight is 565 g/mol. The molecule has 212 valence electrons. The largest absolute Gasteiger partial charge is 0.375 e. The minimum absolute atomic E-state index is 0. The van der Waals surface area contributed by atoms with Gasteiger partial charge in [-0.3, -0.25) is 4.79 Å². The molecule has 0 spiro atoms. The molecule has 2 saturated heterocycles. The molecule has 3 N–H and O–H groups in total. The normalized spacial score (nSPS) is 19.6. The first-order chi connectivity index (χ1) is 18.2. The number of hydrogen-bond acceptors (Lipinski definition) is 8. The number of piperidine rings is 2. The number of nitrogens with one attached hydrogen (secondary N) is 3. The molecular formula is C26H35ClF2N8O2. The molecule has 2 fully saturated rings. The predicted octanol–water partition coefficient (Wildman–Crippen LogP) is 3.91. The first kappa shape index (κ1) is 28.9. The Morgan fingerprint density at radius 3 is 2.67 bits per heavy atom. The lowest BCUT2D eigenvalue weighted by Gasteiger charge is -2.37. The third-order valence-corrected chi connectivity index (χ3v) is 7.19. The third kappa shape index (κ3) is 6.23. The molecule has 5 heterocycles. The van der Waals surface area contributed by atoms with Crippen LogP contribution in [0.4, 0.5) is 26.4 Å². The molecule has 1 unspecified atom stereocenters. The van der Waals surface area contributed by atoms with Gasteiger partial charge in [-0.1, -0.05) is 0 Å². The van der Waals surface area contributed by atoms with Crippen LogP contribution in [-0.2, 0) is 4.74 Å². The van der Waals surface area contributed by atoms with E-state index in [-0.39, 0.29) is 42.8 Å². The van der Waals surface area contributed by atoms with Crippen LogP contribution < -0.4 is 20.9 Å². The summed E-state index contributed by atoms with van der Waals surface area (Å²) in [5, 5.41) is 10.4. The second-order valence-electron chi connectivity index (χ2n) is 10.2. The van der Waals surface area contributed by atoms with Crippen molar-refractivity contribution in [1.82, 2.24) is 30.2 Å². The van der Waals surface area contributed by atoms with Crippen molar-refractivity contribution >= 4 is 46.8 Å². The van der Waals surface area contributed by atoms with Gasteiger partial charge in [0, 0.05) is 55.8 Å². The summed E-state index contributed by atoms with van der Waals surface area (Å²) in [5.74, 6) is -1.92. The number of carbonyl (C=O) groups excluding carboxylic acids is 1. The summed E-state index contributed by atoms with van der Waals surface area (Å²) in [5.41, 5.74) is 1.46. The maximum atomic E-state index is 14.4. The molecule has 1 amide bonds. The molecule has 2 aliphatic heterocycles. The van der Waals surface area contributed by atoms with Crippen LogP contribution in [0.15, 0.2) is 30.7 Å². The van der Waals surface area contributed by atoms with Gasteiger partial charge in [-0.05, 0) is 52.3 Å². The maximum Gasteiger partial charge on any atom is 0.290 e. The summed E-state index contributed by atoms with van der Waals surface area (Å²) >= 11 is 0. The van der Waals surface area contributed by atoms with Gasteiger partial charge in [0.05, 0.1) is 17.6 Å². The molecule has 0 aromatic carbocycles. The Morgan fingerprint density at radius 1 is 1.21 bits per heavy atom. The van der Waals surface area contributed by atoms with Crippen molar-refractivity contribution in [3.63, 3.8) is 0 Å². The van der Waals surface area contributed by atoms with Gasteiger partial charge in [0.2, 0.25) is 5.95 Å². The Hall–Kier alpha value is -3.09. The van der Waals surface area contributed by atoms with Crippen LogP contribution in [0.1, 0.15) is 49.5 Å². The van der Waals surface area contributed by atoms with Crippen LogP contribution in [0.25, 0.3) is 10.9 Å². The van der Waals surface area contributed by atoms with Crippen LogP contribution >= 0.6 is 12.4 Å². The van der Waals surface area contributed by atoms with E-state index < -0.39 is 18.6 Å². The van der Waals surface area contributed by atoms with Gasteiger partial charge in [0.25, 0.3) is 11.8 Å². The van der Waals surface area contributed by atoms with Gasteiger partial charge in [-0.2, -0.15) is 4.98 Å². The van der Waals surface area contributed by atoms with E-state index in [0.29, 0.717) is 23.7 Å². The van der Waals surface area contributed by atoms with Crippen molar-refractivity contribution in [3.8, 4) is 0 Å². The van der Waals surface area contributed by atoms with Crippen molar-refractivity contribution in [2.75, 3.05) is 43.5 Å². The maximum absolute atomic E-state index is 14.4. The number of nitrogens with zero attached hydrogens (tertiary/aromatic N) is 5. The number of pyridine rings is 1. The molecule has 0 radical (unpaired) electrons. The fraction of sp³-hybridized carbons (Fsp3) is 0.538. The summed E-state index contributed by atoms with van der Waals surface area (Å²) in [6.07, 6.45) is 5.98. The molecule has 5 rings (SSSR count). The Labute approximate surface area is 232 Å². The van der Waals surface area contributed by atoms with Crippen molar-refractivity contribution in [2.24, 2.45) is 0 Å². The Bertz CT molecular complexity index is 1300. The molecule has 0 bridgehead atoms. The monoisotopic (exact) mass is 564 g/mol. The highest BCUT2D eigenvalue weighted by atomic mass is 35.5. The third-order valence-electron chi connectivity index (χ3n) is 7.19. The van der Waals surface area contributed by atoms with E-state index in [1.165, 1.54) is 18.2 Å². The second-order valence-corrected chi connectivity index (χ2v) is 10.2. The van der Waals surface area contributed by atoms with E-state index in [9.17, 15) is 13.6 Å². The molecule has 3 aromatic rings. The van der Waals surface area contributed by atoms with E-state index in [1.54, 1.807) is 12.3 Å². The molecule has 13 heteroatoms. The Morgan fingerprint density at radius 2 is 1.97 bits per heavy atom. The van der Waals surface area contributed by atoms with Crippen LogP contribution in [-0.4, -0.2) is 76.8 Å². The molecule has 2 aliphatic rings. The lowest BCUT2D eigenvalue weighted by molar-refractivity contribution is -0.129. The van der Waals surface area contributed by atoms with Gasteiger partial charge in [0.1, 0.15) is 17.7 Å². The lowest BCUT2D eigenvalue weighted by atomic mass is 10.0. The summed E-state index contributed by atoms with van der Waals surface area (Å²) in [4.78, 5) is 27.8. The number of halogens is 3. The van der Waals surface area contributed by atoms with Crippen molar-refractivity contribution in [2.45, 2.75) is 57.2 Å². The van der Waals surface area contributed by atoms with Gasteiger partial charge in [-0.15, -0.1) is 12.4 Å². The van der Waals surface area contributed by atoms with Crippen LogP contribution in [0.2, 0.25) is 0 Å². The fourth-order valence-electron chi connectivity index (χ4n) is 5.13. The summed E-state index contributed by atoms with van der Waals surface area (Å²) in [7, 11) is 1.30. The van der Waals surface area contributed by atoms with E-state index >= 15 is 0 Å². The number of methoxy groups -OCH3 is 1. The highest BCUT2D eigenvalue weighted by Gasteiger charge is 2.45. The Balaban J connectivity index is 0.00000353. The quantitative estimate of drug-likeness (QED) is 0.396. The number of amides is 1. The number of ether oxygens (including phenoxy) is 1. The van der Waals surface area contributed by atoms with Crippen LogP contribution in [0.3, 0.4) is 0 Å².